The molecule has 0 bridgehead atoms. The summed E-state index contributed by atoms with van der Waals surface area (Å²) >= 11 is 0. The van der Waals surface area contributed by atoms with Gasteiger partial charge in [-0.25, -0.2) is 0 Å². The Hall–Kier alpha value is -2.29. The molecule has 3 heteroatoms. The highest BCUT2D eigenvalue weighted by atomic mass is 16.5. The van der Waals surface area contributed by atoms with Crippen LogP contribution in [0.25, 0.3) is 11.5 Å². The van der Waals surface area contributed by atoms with Gasteiger partial charge in [0.05, 0.1) is 6.61 Å². The molecule has 0 amide bonds. The van der Waals surface area contributed by atoms with E-state index < -0.39 is 0 Å². The zero-order chi connectivity index (χ0) is 12.8. The Labute approximate surface area is 106 Å². The Morgan fingerprint density at radius 1 is 1.11 bits per heavy atom. The highest BCUT2D eigenvalue weighted by molar-refractivity contribution is 5.81. The first kappa shape index (κ1) is 12.2. The Morgan fingerprint density at radius 2 is 1.83 bits per heavy atom. The molecule has 18 heavy (non-hydrogen) atoms. The van der Waals surface area contributed by atoms with Gasteiger partial charge >= 0.3 is 0 Å². The molecule has 3 nitrogen and oxygen atoms in total. The van der Waals surface area contributed by atoms with Gasteiger partial charge in [-0.3, -0.25) is 4.98 Å². The molecule has 0 fully saturated rings. The predicted octanol–water partition coefficient (Wildman–Crippen LogP) is 3.50. The summed E-state index contributed by atoms with van der Waals surface area (Å²) in [6, 6.07) is 14.8. The van der Waals surface area contributed by atoms with Gasteiger partial charge in [0.2, 0.25) is 0 Å². The summed E-state index contributed by atoms with van der Waals surface area (Å²) in [6.45, 7) is 2.35. The van der Waals surface area contributed by atoms with Crippen LogP contribution in [0.5, 0.6) is 0 Å². The SMILES string of the molecule is CCOC(=C(O)c1ccccc1)c1ccccn1. The van der Waals surface area contributed by atoms with E-state index in [4.69, 9.17) is 4.74 Å². The lowest BCUT2D eigenvalue weighted by atomic mass is 10.1. The second-order valence-electron chi connectivity index (χ2n) is 3.69. The fraction of sp³-hybridized carbons (Fsp3) is 0.133. The van der Waals surface area contributed by atoms with Crippen molar-refractivity contribution in [2.45, 2.75) is 6.92 Å². The average Bonchev–Trinajstić information content (AvgIpc) is 2.46. The minimum Gasteiger partial charge on any atom is -0.504 e. The zero-order valence-corrected chi connectivity index (χ0v) is 10.2. The average molecular weight is 241 g/mol. The minimum atomic E-state index is 0.108. The van der Waals surface area contributed by atoms with E-state index in [1.54, 1.807) is 6.20 Å². The molecule has 0 atom stereocenters. The van der Waals surface area contributed by atoms with Crippen LogP contribution in [0.3, 0.4) is 0 Å². The van der Waals surface area contributed by atoms with Crippen molar-refractivity contribution in [3.63, 3.8) is 0 Å². The zero-order valence-electron chi connectivity index (χ0n) is 10.2. The molecule has 92 valence electrons. The number of aliphatic hydroxyl groups is 1. The van der Waals surface area contributed by atoms with E-state index in [2.05, 4.69) is 4.98 Å². The Balaban J connectivity index is 2.47. The molecule has 0 saturated carbocycles. The highest BCUT2D eigenvalue weighted by Crippen LogP contribution is 2.23. The van der Waals surface area contributed by atoms with Crippen molar-refractivity contribution in [1.29, 1.82) is 0 Å². The van der Waals surface area contributed by atoms with Crippen molar-refractivity contribution in [2.75, 3.05) is 6.61 Å². The second-order valence-corrected chi connectivity index (χ2v) is 3.69. The molecule has 0 aliphatic rings. The maximum Gasteiger partial charge on any atom is 0.187 e. The van der Waals surface area contributed by atoms with Crippen molar-refractivity contribution >= 4 is 11.5 Å². The van der Waals surface area contributed by atoms with Gasteiger partial charge in [-0.05, 0) is 19.1 Å². The fourth-order valence-electron chi connectivity index (χ4n) is 1.63. The maximum absolute atomic E-state index is 10.3. The molecule has 0 spiro atoms. The molecule has 1 aromatic carbocycles. The monoisotopic (exact) mass is 241 g/mol. The van der Waals surface area contributed by atoms with E-state index in [-0.39, 0.29) is 5.76 Å². The first-order valence-corrected chi connectivity index (χ1v) is 5.85. The topological polar surface area (TPSA) is 42.4 Å². The summed E-state index contributed by atoms with van der Waals surface area (Å²) in [5.74, 6) is 0.514. The third-order valence-electron chi connectivity index (χ3n) is 2.45. The molecule has 2 rings (SSSR count). The first-order valence-electron chi connectivity index (χ1n) is 5.85. The van der Waals surface area contributed by atoms with Crippen LogP contribution in [0.4, 0.5) is 0 Å². The number of benzene rings is 1. The lowest BCUT2D eigenvalue weighted by molar-refractivity contribution is 0.290. The second kappa shape index (κ2) is 5.87. The number of aliphatic hydroxyl groups excluding tert-OH is 1. The van der Waals surface area contributed by atoms with E-state index in [0.717, 1.165) is 0 Å². The van der Waals surface area contributed by atoms with Crippen molar-refractivity contribution in [2.24, 2.45) is 0 Å². The number of pyridine rings is 1. The predicted molar refractivity (Wildman–Crippen MR) is 71.7 cm³/mol. The van der Waals surface area contributed by atoms with E-state index in [1.165, 1.54) is 0 Å². The molecular formula is C15H15NO2. The summed E-state index contributed by atoms with van der Waals surface area (Å²) in [5.41, 5.74) is 1.34. The van der Waals surface area contributed by atoms with E-state index in [9.17, 15) is 5.11 Å². The highest BCUT2D eigenvalue weighted by Gasteiger charge is 2.12. The molecule has 0 aliphatic heterocycles. The number of hydrogen-bond donors (Lipinski definition) is 1. The number of hydrogen-bond acceptors (Lipinski definition) is 3. The lowest BCUT2D eigenvalue weighted by Gasteiger charge is -2.11. The van der Waals surface area contributed by atoms with Gasteiger partial charge in [-0.2, -0.15) is 0 Å². The van der Waals surface area contributed by atoms with Gasteiger partial charge in [0.25, 0.3) is 0 Å². The number of rotatable bonds is 4. The van der Waals surface area contributed by atoms with Gasteiger partial charge in [0, 0.05) is 11.8 Å². The van der Waals surface area contributed by atoms with Crippen LogP contribution in [-0.2, 0) is 4.74 Å². The van der Waals surface area contributed by atoms with Crippen molar-refractivity contribution < 1.29 is 9.84 Å². The van der Waals surface area contributed by atoms with Crippen LogP contribution in [0.15, 0.2) is 54.7 Å². The van der Waals surface area contributed by atoms with E-state index >= 15 is 0 Å². The third kappa shape index (κ3) is 2.69. The van der Waals surface area contributed by atoms with Crippen LogP contribution < -0.4 is 0 Å². The van der Waals surface area contributed by atoms with Gasteiger partial charge < -0.3 is 9.84 Å². The van der Waals surface area contributed by atoms with Crippen molar-refractivity contribution in [3.8, 4) is 0 Å². The molecule has 1 aromatic heterocycles. The number of aromatic nitrogens is 1. The molecular weight excluding hydrogens is 226 g/mol. The first-order chi connectivity index (χ1) is 8.83. The van der Waals surface area contributed by atoms with E-state index in [0.29, 0.717) is 23.6 Å². The maximum atomic E-state index is 10.3. The van der Waals surface area contributed by atoms with Crippen LogP contribution in [-0.4, -0.2) is 16.7 Å². The Morgan fingerprint density at radius 3 is 2.44 bits per heavy atom. The molecule has 1 heterocycles. The summed E-state index contributed by atoms with van der Waals surface area (Å²) in [5, 5.41) is 10.3. The van der Waals surface area contributed by atoms with Crippen molar-refractivity contribution in [3.05, 3.63) is 66.0 Å². The molecule has 0 radical (unpaired) electrons. The van der Waals surface area contributed by atoms with Gasteiger partial charge in [-0.15, -0.1) is 0 Å². The van der Waals surface area contributed by atoms with Gasteiger partial charge in [0.1, 0.15) is 5.69 Å². The van der Waals surface area contributed by atoms with Crippen molar-refractivity contribution in [1.82, 2.24) is 4.98 Å². The largest absolute Gasteiger partial charge is 0.504 e. The summed E-state index contributed by atoms with van der Waals surface area (Å²) < 4.78 is 5.51. The number of nitrogens with zero attached hydrogens (tertiary/aromatic N) is 1. The summed E-state index contributed by atoms with van der Waals surface area (Å²) in [4.78, 5) is 4.20. The lowest BCUT2D eigenvalue weighted by Crippen LogP contribution is -1.99. The molecule has 1 N–H and O–H groups in total. The molecule has 0 saturated heterocycles. The number of ether oxygens (including phenoxy) is 1. The Kier molecular flexibility index (Phi) is 3.97. The molecule has 2 aromatic rings. The molecule has 0 unspecified atom stereocenters. The third-order valence-corrected chi connectivity index (χ3v) is 2.45. The summed E-state index contributed by atoms with van der Waals surface area (Å²) in [7, 11) is 0. The van der Waals surface area contributed by atoms with Gasteiger partial charge in [-0.1, -0.05) is 36.4 Å². The van der Waals surface area contributed by atoms with Crippen LogP contribution in [0, 0.1) is 0 Å². The van der Waals surface area contributed by atoms with Crippen LogP contribution >= 0.6 is 0 Å². The molecule has 0 aliphatic carbocycles. The quantitative estimate of drug-likeness (QED) is 0.833. The minimum absolute atomic E-state index is 0.108. The van der Waals surface area contributed by atoms with Crippen LogP contribution in [0.2, 0.25) is 0 Å². The van der Waals surface area contributed by atoms with E-state index in [1.807, 2.05) is 55.5 Å². The normalized spacial score (nSPS) is 11.8. The fourth-order valence-corrected chi connectivity index (χ4v) is 1.63. The standard InChI is InChI=1S/C15H15NO2/c1-2-18-15(13-10-6-7-11-16-13)14(17)12-8-4-3-5-9-12/h3-11,17H,2H2,1H3. The Bertz CT molecular complexity index is 521. The summed E-state index contributed by atoms with van der Waals surface area (Å²) in [6.07, 6.45) is 1.67. The van der Waals surface area contributed by atoms with Crippen LogP contribution in [0.1, 0.15) is 18.2 Å². The smallest absolute Gasteiger partial charge is 0.187 e. The van der Waals surface area contributed by atoms with Gasteiger partial charge in [0.15, 0.2) is 11.5 Å².